The summed E-state index contributed by atoms with van der Waals surface area (Å²) in [6.45, 7) is 1.95. The molecule has 5 heteroatoms. The van der Waals surface area contributed by atoms with Gasteiger partial charge in [0.1, 0.15) is 11.0 Å². The molecule has 0 saturated heterocycles. The molecule has 0 unspecified atom stereocenters. The summed E-state index contributed by atoms with van der Waals surface area (Å²) in [6, 6.07) is 1.86. The lowest BCUT2D eigenvalue weighted by Gasteiger charge is -1.94. The first-order chi connectivity index (χ1) is 5.27. The Balaban J connectivity index is 3.02. The molecule has 0 radical (unpaired) electrons. The fraction of sp³-hybridized carbons (Fsp3) is 0.167. The van der Waals surface area contributed by atoms with Crippen molar-refractivity contribution in [2.45, 2.75) is 6.92 Å². The van der Waals surface area contributed by atoms with Gasteiger partial charge in [-0.05, 0) is 18.6 Å². The molecular weight excluding hydrogens is 160 g/mol. The van der Waals surface area contributed by atoms with Crippen molar-refractivity contribution in [2.24, 2.45) is 0 Å². The van der Waals surface area contributed by atoms with Crippen molar-refractivity contribution in [3.63, 3.8) is 0 Å². The lowest BCUT2D eigenvalue weighted by Crippen LogP contribution is -1.92. The summed E-state index contributed by atoms with van der Waals surface area (Å²) in [4.78, 5) is 0. The second-order valence-corrected chi connectivity index (χ2v) is 2.77. The molecule has 11 heavy (non-hydrogen) atoms. The third-order valence-electron chi connectivity index (χ3n) is 1.48. The van der Waals surface area contributed by atoms with Crippen molar-refractivity contribution in [3.8, 4) is 0 Å². The number of nitrogens with zero attached hydrogens (tertiary/aromatic N) is 3. The molecule has 0 bridgehead atoms. The monoisotopic (exact) mass is 166 g/mol. The number of H-pyrrole nitrogens is 1. The maximum Gasteiger partial charge on any atom is 0.178 e. The number of fused-ring (bicyclic) bond motifs is 1. The Kier molecular flexibility index (Phi) is 1.25. The van der Waals surface area contributed by atoms with Crippen LogP contribution >= 0.6 is 12.2 Å². The molecule has 0 amide bonds. The molecule has 2 aromatic heterocycles. The zero-order chi connectivity index (χ0) is 7.84. The van der Waals surface area contributed by atoms with Gasteiger partial charge in [0.15, 0.2) is 5.65 Å². The second kappa shape index (κ2) is 2.13. The van der Waals surface area contributed by atoms with E-state index in [0.717, 1.165) is 11.2 Å². The van der Waals surface area contributed by atoms with Crippen LogP contribution in [0.2, 0.25) is 0 Å². The van der Waals surface area contributed by atoms with Gasteiger partial charge in [-0.25, -0.2) is 4.52 Å². The predicted molar refractivity (Wildman–Crippen MR) is 42.9 cm³/mol. The summed E-state index contributed by atoms with van der Waals surface area (Å²) in [5.41, 5.74) is 1.85. The third-order valence-corrected chi connectivity index (χ3v) is 1.69. The predicted octanol–water partition coefficient (Wildman–Crippen LogP) is 1.10. The molecule has 0 fully saturated rings. The molecule has 0 aromatic carbocycles. The minimum Gasteiger partial charge on any atom is -0.281 e. The molecule has 2 aromatic rings. The molecule has 2 heterocycles. The average molecular weight is 166 g/mol. The summed E-state index contributed by atoms with van der Waals surface area (Å²) >= 11 is 4.96. The van der Waals surface area contributed by atoms with Crippen molar-refractivity contribution < 1.29 is 0 Å². The Hall–Kier alpha value is -1.23. The van der Waals surface area contributed by atoms with Gasteiger partial charge >= 0.3 is 0 Å². The molecule has 0 aliphatic carbocycles. The number of aromatic amines is 1. The summed E-state index contributed by atoms with van der Waals surface area (Å²) in [7, 11) is 0. The van der Waals surface area contributed by atoms with Crippen LogP contribution in [0.5, 0.6) is 0 Å². The van der Waals surface area contributed by atoms with E-state index in [1.807, 2.05) is 13.0 Å². The molecule has 0 aliphatic rings. The maximum absolute atomic E-state index is 4.96. The van der Waals surface area contributed by atoms with E-state index >= 15 is 0 Å². The smallest absolute Gasteiger partial charge is 0.178 e. The maximum atomic E-state index is 4.96. The molecule has 0 aliphatic heterocycles. The van der Waals surface area contributed by atoms with Crippen molar-refractivity contribution in [2.75, 3.05) is 0 Å². The number of nitrogens with one attached hydrogen (secondary N) is 1. The minimum atomic E-state index is 0.690. The second-order valence-electron chi connectivity index (χ2n) is 2.33. The van der Waals surface area contributed by atoms with Gasteiger partial charge in [0.2, 0.25) is 0 Å². The van der Waals surface area contributed by atoms with Crippen LogP contribution in [0.4, 0.5) is 0 Å². The highest BCUT2D eigenvalue weighted by Gasteiger charge is 1.97. The van der Waals surface area contributed by atoms with E-state index in [2.05, 4.69) is 15.3 Å². The minimum absolute atomic E-state index is 0.690. The first-order valence-corrected chi connectivity index (χ1v) is 3.58. The lowest BCUT2D eigenvalue weighted by atomic mass is 10.3. The van der Waals surface area contributed by atoms with Crippen molar-refractivity contribution in [3.05, 3.63) is 22.6 Å². The van der Waals surface area contributed by atoms with Gasteiger partial charge < -0.3 is 0 Å². The number of hydrogen-bond donors (Lipinski definition) is 1. The van der Waals surface area contributed by atoms with E-state index in [0.29, 0.717) is 4.64 Å². The lowest BCUT2D eigenvalue weighted by molar-refractivity contribution is 0.909. The largest absolute Gasteiger partial charge is 0.281 e. The standard InChI is InChI=1S/C6H6N4S/c1-4-2-5(11)9-10-3-7-8-6(4)10/h2-3H,1H3,(H,9,11). The van der Waals surface area contributed by atoms with Crippen LogP contribution in [0.25, 0.3) is 5.65 Å². The van der Waals surface area contributed by atoms with Crippen LogP contribution in [0.15, 0.2) is 12.4 Å². The van der Waals surface area contributed by atoms with Crippen molar-refractivity contribution >= 4 is 17.9 Å². The molecule has 56 valence electrons. The summed E-state index contributed by atoms with van der Waals surface area (Å²) < 4.78 is 2.40. The molecule has 4 nitrogen and oxygen atoms in total. The molecule has 1 N–H and O–H groups in total. The Morgan fingerprint density at radius 2 is 2.45 bits per heavy atom. The van der Waals surface area contributed by atoms with E-state index in [1.165, 1.54) is 0 Å². The molecule has 2 rings (SSSR count). The highest BCUT2D eigenvalue weighted by molar-refractivity contribution is 7.71. The van der Waals surface area contributed by atoms with Crippen LogP contribution in [-0.2, 0) is 0 Å². The van der Waals surface area contributed by atoms with Gasteiger partial charge in [0.25, 0.3) is 0 Å². The Morgan fingerprint density at radius 1 is 1.64 bits per heavy atom. The Labute approximate surface area is 67.9 Å². The topological polar surface area (TPSA) is 46.0 Å². The SMILES string of the molecule is Cc1cc(=S)[nH]n2cnnc12. The number of aryl methyl sites for hydroxylation is 1. The quantitative estimate of drug-likeness (QED) is 0.596. The van der Waals surface area contributed by atoms with Gasteiger partial charge in [-0.15, -0.1) is 10.2 Å². The van der Waals surface area contributed by atoms with E-state index in [-0.39, 0.29) is 0 Å². The molecular formula is C6H6N4S. The van der Waals surface area contributed by atoms with Crippen LogP contribution in [-0.4, -0.2) is 19.8 Å². The molecule has 0 spiro atoms. The van der Waals surface area contributed by atoms with Crippen molar-refractivity contribution in [1.82, 2.24) is 19.8 Å². The zero-order valence-corrected chi connectivity index (χ0v) is 6.72. The van der Waals surface area contributed by atoms with Gasteiger partial charge in [-0.2, -0.15) is 0 Å². The number of hydrogen-bond acceptors (Lipinski definition) is 3. The Bertz CT molecular complexity index is 441. The van der Waals surface area contributed by atoms with Crippen molar-refractivity contribution in [1.29, 1.82) is 0 Å². The number of aromatic nitrogens is 4. The van der Waals surface area contributed by atoms with Gasteiger partial charge in [-0.1, -0.05) is 12.2 Å². The fourth-order valence-corrected chi connectivity index (χ4v) is 1.27. The first-order valence-electron chi connectivity index (χ1n) is 3.17. The summed E-state index contributed by atoms with van der Waals surface area (Å²) in [6.07, 6.45) is 1.60. The van der Waals surface area contributed by atoms with Gasteiger partial charge in [0, 0.05) is 0 Å². The Morgan fingerprint density at radius 3 is 3.27 bits per heavy atom. The van der Waals surface area contributed by atoms with E-state index in [1.54, 1.807) is 10.8 Å². The van der Waals surface area contributed by atoms with Crippen LogP contribution in [0.1, 0.15) is 5.56 Å². The first kappa shape index (κ1) is 6.48. The third kappa shape index (κ3) is 0.932. The molecule has 0 atom stereocenters. The summed E-state index contributed by atoms with van der Waals surface area (Å²) in [5.74, 6) is 0. The van der Waals surface area contributed by atoms with Crippen LogP contribution in [0.3, 0.4) is 0 Å². The van der Waals surface area contributed by atoms with E-state index in [9.17, 15) is 0 Å². The fourth-order valence-electron chi connectivity index (χ4n) is 0.998. The molecule has 0 saturated carbocycles. The average Bonchev–Trinajstić information content (AvgIpc) is 2.34. The highest BCUT2D eigenvalue weighted by atomic mass is 32.1. The zero-order valence-electron chi connectivity index (χ0n) is 5.90. The number of rotatable bonds is 0. The van der Waals surface area contributed by atoms with E-state index < -0.39 is 0 Å². The van der Waals surface area contributed by atoms with E-state index in [4.69, 9.17) is 12.2 Å². The van der Waals surface area contributed by atoms with Crippen LogP contribution in [0, 0.1) is 11.6 Å². The van der Waals surface area contributed by atoms with Gasteiger partial charge in [0.05, 0.1) is 0 Å². The normalized spacial score (nSPS) is 10.6. The highest BCUT2D eigenvalue weighted by Crippen LogP contribution is 2.03. The summed E-state index contributed by atoms with van der Waals surface area (Å²) in [5, 5.41) is 10.6. The van der Waals surface area contributed by atoms with Gasteiger partial charge in [-0.3, -0.25) is 5.10 Å². The van der Waals surface area contributed by atoms with Crippen LogP contribution < -0.4 is 0 Å².